The summed E-state index contributed by atoms with van der Waals surface area (Å²) in [6, 6.07) is 3.86. The number of hydrogen-bond acceptors (Lipinski definition) is 2. The quantitative estimate of drug-likeness (QED) is 0.613. The molecule has 0 aliphatic heterocycles. The second-order valence-electron chi connectivity index (χ2n) is 4.98. The Labute approximate surface area is 103 Å². The van der Waals surface area contributed by atoms with E-state index < -0.39 is 0 Å². The molecular weight excluding hydrogens is 210 g/mol. The van der Waals surface area contributed by atoms with Crippen LogP contribution in [0.2, 0.25) is 0 Å². The molecule has 1 unspecified atom stereocenters. The molecule has 0 fully saturated rings. The van der Waals surface area contributed by atoms with Gasteiger partial charge in [-0.05, 0) is 62.3 Å². The van der Waals surface area contributed by atoms with Crippen LogP contribution in [-0.4, -0.2) is 11.7 Å². The molecule has 1 aromatic rings. The largest absolute Gasteiger partial charge is 0.508 e. The first-order valence-electron chi connectivity index (χ1n) is 6.36. The molecule has 17 heavy (non-hydrogen) atoms. The number of aryl methyl sites for hydroxylation is 2. The second-order valence-corrected chi connectivity index (χ2v) is 4.98. The van der Waals surface area contributed by atoms with Crippen LogP contribution in [0, 0.1) is 19.8 Å². The van der Waals surface area contributed by atoms with E-state index in [0.717, 1.165) is 29.3 Å². The summed E-state index contributed by atoms with van der Waals surface area (Å²) in [5, 5.41) is 13.1. The van der Waals surface area contributed by atoms with Crippen LogP contribution in [0.1, 0.15) is 30.4 Å². The van der Waals surface area contributed by atoms with E-state index in [2.05, 4.69) is 17.5 Å². The zero-order valence-electron chi connectivity index (χ0n) is 10.7. The summed E-state index contributed by atoms with van der Waals surface area (Å²) in [5.41, 5.74) is 3.19. The van der Waals surface area contributed by atoms with Gasteiger partial charge in [0.15, 0.2) is 0 Å². The van der Waals surface area contributed by atoms with Crippen molar-refractivity contribution in [3.8, 4) is 5.75 Å². The monoisotopic (exact) mass is 231 g/mol. The van der Waals surface area contributed by atoms with Gasteiger partial charge in [0.25, 0.3) is 0 Å². The number of rotatable bonds is 3. The lowest BCUT2D eigenvalue weighted by molar-refractivity contribution is 0.470. The number of phenols is 1. The normalized spacial score (nSPS) is 19.3. The minimum Gasteiger partial charge on any atom is -0.508 e. The van der Waals surface area contributed by atoms with E-state index in [1.54, 1.807) is 0 Å². The van der Waals surface area contributed by atoms with Crippen LogP contribution in [0.4, 0.5) is 5.69 Å². The lowest BCUT2D eigenvalue weighted by Gasteiger charge is -2.20. The van der Waals surface area contributed by atoms with E-state index in [9.17, 15) is 5.11 Å². The van der Waals surface area contributed by atoms with Gasteiger partial charge in [0.1, 0.15) is 5.75 Å². The summed E-state index contributed by atoms with van der Waals surface area (Å²) in [6.07, 6.45) is 8.22. The van der Waals surface area contributed by atoms with Crippen LogP contribution in [0.5, 0.6) is 5.75 Å². The Balaban J connectivity index is 1.98. The molecule has 1 aliphatic carbocycles. The van der Waals surface area contributed by atoms with Crippen molar-refractivity contribution in [1.82, 2.24) is 0 Å². The summed E-state index contributed by atoms with van der Waals surface area (Å²) in [6.45, 7) is 4.99. The highest BCUT2D eigenvalue weighted by molar-refractivity contribution is 5.56. The lowest BCUT2D eigenvalue weighted by Crippen LogP contribution is -2.15. The Morgan fingerprint density at radius 1 is 1.24 bits per heavy atom. The van der Waals surface area contributed by atoms with Crippen LogP contribution >= 0.6 is 0 Å². The molecule has 0 spiro atoms. The number of nitrogens with one attached hydrogen (secondary N) is 1. The number of hydrogen-bond donors (Lipinski definition) is 2. The van der Waals surface area contributed by atoms with Crippen molar-refractivity contribution in [1.29, 1.82) is 0 Å². The van der Waals surface area contributed by atoms with Gasteiger partial charge < -0.3 is 10.4 Å². The van der Waals surface area contributed by atoms with Crippen LogP contribution in [0.15, 0.2) is 24.3 Å². The number of aromatic hydroxyl groups is 1. The van der Waals surface area contributed by atoms with Gasteiger partial charge in [0.05, 0.1) is 0 Å². The van der Waals surface area contributed by atoms with Crippen molar-refractivity contribution in [2.45, 2.75) is 33.1 Å². The summed E-state index contributed by atoms with van der Waals surface area (Å²) in [4.78, 5) is 0. The fraction of sp³-hybridized carbons (Fsp3) is 0.467. The highest BCUT2D eigenvalue weighted by atomic mass is 16.3. The highest BCUT2D eigenvalue weighted by Crippen LogP contribution is 2.26. The van der Waals surface area contributed by atoms with Gasteiger partial charge in [-0.25, -0.2) is 0 Å². The smallest absolute Gasteiger partial charge is 0.118 e. The van der Waals surface area contributed by atoms with Gasteiger partial charge in [0.2, 0.25) is 0 Å². The molecule has 0 radical (unpaired) electrons. The maximum absolute atomic E-state index is 9.60. The maximum atomic E-state index is 9.60. The Hall–Kier alpha value is -1.44. The first-order valence-corrected chi connectivity index (χ1v) is 6.36. The number of allylic oxidation sites excluding steroid dienone is 2. The van der Waals surface area contributed by atoms with E-state index in [1.807, 2.05) is 26.0 Å². The Morgan fingerprint density at radius 3 is 2.76 bits per heavy atom. The van der Waals surface area contributed by atoms with Crippen molar-refractivity contribution in [3.63, 3.8) is 0 Å². The molecule has 0 saturated carbocycles. The van der Waals surface area contributed by atoms with E-state index in [4.69, 9.17) is 0 Å². The lowest BCUT2D eigenvalue weighted by atomic mass is 9.94. The minimum absolute atomic E-state index is 0.383. The molecule has 0 aromatic heterocycles. The van der Waals surface area contributed by atoms with Crippen molar-refractivity contribution < 1.29 is 5.11 Å². The maximum Gasteiger partial charge on any atom is 0.118 e. The predicted octanol–water partition coefficient (Wildman–Crippen LogP) is 3.78. The number of benzene rings is 1. The predicted molar refractivity (Wildman–Crippen MR) is 72.6 cm³/mol. The van der Waals surface area contributed by atoms with Gasteiger partial charge in [-0.2, -0.15) is 0 Å². The fourth-order valence-electron chi connectivity index (χ4n) is 2.29. The molecule has 2 nitrogen and oxygen atoms in total. The van der Waals surface area contributed by atoms with Gasteiger partial charge in [-0.3, -0.25) is 0 Å². The van der Waals surface area contributed by atoms with Crippen LogP contribution < -0.4 is 5.32 Å². The Morgan fingerprint density at radius 2 is 2.06 bits per heavy atom. The molecule has 1 atom stereocenters. The highest BCUT2D eigenvalue weighted by Gasteiger charge is 2.10. The topological polar surface area (TPSA) is 32.3 Å². The zero-order chi connectivity index (χ0) is 12.3. The number of phenolic OH excluding ortho intramolecular Hbond substituents is 1. The summed E-state index contributed by atoms with van der Waals surface area (Å²) >= 11 is 0. The van der Waals surface area contributed by atoms with E-state index in [1.165, 1.54) is 19.3 Å². The first-order chi connectivity index (χ1) is 8.16. The molecule has 2 N–H and O–H groups in total. The molecule has 0 saturated heterocycles. The average molecular weight is 231 g/mol. The van der Waals surface area contributed by atoms with Crippen molar-refractivity contribution in [2.75, 3.05) is 11.9 Å². The molecule has 1 aromatic carbocycles. The van der Waals surface area contributed by atoms with Crippen LogP contribution in [-0.2, 0) is 0 Å². The SMILES string of the molecule is Cc1cc(NCC2CC=CCC2)c(C)cc1O. The molecule has 1 aliphatic rings. The van der Waals surface area contributed by atoms with Crippen LogP contribution in [0.3, 0.4) is 0 Å². The Kier molecular flexibility index (Phi) is 3.72. The molecule has 0 heterocycles. The summed E-state index contributed by atoms with van der Waals surface area (Å²) in [5.74, 6) is 1.13. The van der Waals surface area contributed by atoms with Gasteiger partial charge >= 0.3 is 0 Å². The molecule has 0 amide bonds. The molecular formula is C15H21NO. The zero-order valence-corrected chi connectivity index (χ0v) is 10.7. The van der Waals surface area contributed by atoms with E-state index in [-0.39, 0.29) is 0 Å². The third-order valence-electron chi connectivity index (χ3n) is 3.50. The van der Waals surface area contributed by atoms with Gasteiger partial charge in [-0.1, -0.05) is 12.2 Å². The minimum atomic E-state index is 0.383. The van der Waals surface area contributed by atoms with Crippen molar-refractivity contribution in [3.05, 3.63) is 35.4 Å². The molecule has 92 valence electrons. The van der Waals surface area contributed by atoms with Gasteiger partial charge in [0, 0.05) is 12.2 Å². The van der Waals surface area contributed by atoms with E-state index >= 15 is 0 Å². The van der Waals surface area contributed by atoms with Crippen LogP contribution in [0.25, 0.3) is 0 Å². The first kappa shape index (κ1) is 12.0. The third kappa shape index (κ3) is 3.02. The molecule has 0 bridgehead atoms. The fourth-order valence-corrected chi connectivity index (χ4v) is 2.29. The standard InChI is InChI=1S/C15H21NO/c1-11-9-15(17)12(2)8-14(11)16-10-13-6-4-3-5-7-13/h3-4,8-9,13,16-17H,5-7,10H2,1-2H3. The van der Waals surface area contributed by atoms with Crippen molar-refractivity contribution >= 4 is 5.69 Å². The third-order valence-corrected chi connectivity index (χ3v) is 3.50. The Bertz CT molecular complexity index is 423. The number of anilines is 1. The molecule has 2 rings (SSSR count). The summed E-state index contributed by atoms with van der Waals surface area (Å²) < 4.78 is 0. The van der Waals surface area contributed by atoms with Crippen molar-refractivity contribution in [2.24, 2.45) is 5.92 Å². The van der Waals surface area contributed by atoms with E-state index in [0.29, 0.717) is 5.75 Å². The van der Waals surface area contributed by atoms with Gasteiger partial charge in [-0.15, -0.1) is 0 Å². The summed E-state index contributed by atoms with van der Waals surface area (Å²) in [7, 11) is 0. The average Bonchev–Trinajstić information content (AvgIpc) is 2.33. The second kappa shape index (κ2) is 5.26. The molecule has 2 heteroatoms.